The van der Waals surface area contributed by atoms with Gasteiger partial charge in [0.1, 0.15) is 11.4 Å². The van der Waals surface area contributed by atoms with E-state index in [2.05, 4.69) is 16.3 Å². The highest BCUT2D eigenvalue weighted by atomic mass is 32.2. The van der Waals surface area contributed by atoms with Crippen molar-refractivity contribution in [2.75, 3.05) is 20.2 Å². The minimum absolute atomic E-state index is 0.208. The van der Waals surface area contributed by atoms with E-state index < -0.39 is 21.4 Å². The van der Waals surface area contributed by atoms with Gasteiger partial charge in [-0.05, 0) is 30.0 Å². The Morgan fingerprint density at radius 1 is 1.25 bits per heavy atom. The molecular weight excluding hydrogens is 326 g/mol. The first-order chi connectivity index (χ1) is 11.6. The SMILES string of the molecule is CO[C@H]1c2ccccc2CC[C@@H]1S(=O)(=O)N1CC(c2ccn[nH]2)C1. The summed E-state index contributed by atoms with van der Waals surface area (Å²) in [5.74, 6) is 0.208. The van der Waals surface area contributed by atoms with Crippen LogP contribution in [0.15, 0.2) is 36.5 Å². The predicted octanol–water partition coefficient (Wildman–Crippen LogP) is 1.84. The van der Waals surface area contributed by atoms with E-state index in [0.717, 1.165) is 17.7 Å². The number of benzene rings is 1. The van der Waals surface area contributed by atoms with Crippen LogP contribution in [0.25, 0.3) is 0 Å². The third-order valence-corrected chi connectivity index (χ3v) is 7.47. The van der Waals surface area contributed by atoms with Crippen molar-refractivity contribution in [3.63, 3.8) is 0 Å². The van der Waals surface area contributed by atoms with Crippen LogP contribution in [-0.4, -0.2) is 48.4 Å². The largest absolute Gasteiger partial charge is 0.375 e. The molecule has 0 saturated carbocycles. The first-order valence-electron chi connectivity index (χ1n) is 8.20. The number of aryl methyl sites for hydroxylation is 1. The number of nitrogens with one attached hydrogen (secondary N) is 1. The summed E-state index contributed by atoms with van der Waals surface area (Å²) in [6, 6.07) is 9.88. The van der Waals surface area contributed by atoms with Crippen LogP contribution < -0.4 is 0 Å². The van der Waals surface area contributed by atoms with E-state index in [-0.39, 0.29) is 5.92 Å². The molecule has 1 aromatic carbocycles. The van der Waals surface area contributed by atoms with Gasteiger partial charge >= 0.3 is 0 Å². The topological polar surface area (TPSA) is 75.3 Å². The molecule has 2 atom stereocenters. The Hall–Kier alpha value is -1.70. The van der Waals surface area contributed by atoms with E-state index in [1.807, 2.05) is 24.3 Å². The zero-order valence-electron chi connectivity index (χ0n) is 13.6. The molecule has 1 N–H and O–H groups in total. The summed E-state index contributed by atoms with van der Waals surface area (Å²) >= 11 is 0. The number of sulfonamides is 1. The van der Waals surface area contributed by atoms with Gasteiger partial charge in [0.25, 0.3) is 0 Å². The van der Waals surface area contributed by atoms with E-state index >= 15 is 0 Å². The van der Waals surface area contributed by atoms with E-state index in [4.69, 9.17) is 4.74 Å². The van der Waals surface area contributed by atoms with Crippen LogP contribution in [0.2, 0.25) is 0 Å². The second-order valence-corrected chi connectivity index (χ2v) is 8.65. The van der Waals surface area contributed by atoms with Crippen LogP contribution in [0.5, 0.6) is 0 Å². The summed E-state index contributed by atoms with van der Waals surface area (Å²) in [5, 5.41) is 6.35. The number of H-pyrrole nitrogens is 1. The molecule has 4 rings (SSSR count). The molecule has 0 radical (unpaired) electrons. The van der Waals surface area contributed by atoms with Gasteiger partial charge < -0.3 is 4.74 Å². The van der Waals surface area contributed by atoms with Gasteiger partial charge in [-0.15, -0.1) is 0 Å². The number of hydrogen-bond donors (Lipinski definition) is 1. The minimum atomic E-state index is -3.38. The molecule has 2 heterocycles. The maximum Gasteiger partial charge on any atom is 0.219 e. The van der Waals surface area contributed by atoms with Crippen LogP contribution in [0.4, 0.5) is 0 Å². The van der Waals surface area contributed by atoms with Crippen molar-refractivity contribution in [2.45, 2.75) is 30.1 Å². The van der Waals surface area contributed by atoms with Crippen molar-refractivity contribution < 1.29 is 13.2 Å². The van der Waals surface area contributed by atoms with Crippen molar-refractivity contribution in [3.05, 3.63) is 53.3 Å². The fourth-order valence-corrected chi connectivity index (χ4v) is 5.95. The van der Waals surface area contributed by atoms with Gasteiger partial charge in [0.15, 0.2) is 0 Å². The molecule has 1 aliphatic heterocycles. The molecule has 6 nitrogen and oxygen atoms in total. The van der Waals surface area contributed by atoms with Gasteiger partial charge in [-0.3, -0.25) is 5.10 Å². The summed E-state index contributed by atoms with van der Waals surface area (Å²) in [7, 11) is -1.78. The Labute approximate surface area is 141 Å². The number of nitrogens with zero attached hydrogens (tertiary/aromatic N) is 2. The second kappa shape index (κ2) is 5.98. The minimum Gasteiger partial charge on any atom is -0.375 e. The molecule has 0 bridgehead atoms. The monoisotopic (exact) mass is 347 g/mol. The average molecular weight is 347 g/mol. The van der Waals surface area contributed by atoms with Crippen LogP contribution in [-0.2, 0) is 21.2 Å². The molecule has 1 fully saturated rings. The molecule has 1 saturated heterocycles. The second-order valence-electron chi connectivity index (χ2n) is 6.50. The highest BCUT2D eigenvalue weighted by Gasteiger charge is 2.46. The quantitative estimate of drug-likeness (QED) is 0.916. The van der Waals surface area contributed by atoms with Gasteiger partial charge in [0.05, 0.1) is 0 Å². The lowest BCUT2D eigenvalue weighted by molar-refractivity contribution is 0.0874. The van der Waals surface area contributed by atoms with Crippen LogP contribution in [0.1, 0.15) is 35.3 Å². The maximum absolute atomic E-state index is 13.1. The Bertz CT molecular complexity index is 813. The van der Waals surface area contributed by atoms with Crippen molar-refractivity contribution in [2.24, 2.45) is 0 Å². The molecule has 1 aromatic heterocycles. The molecule has 7 heteroatoms. The van der Waals surface area contributed by atoms with Crippen LogP contribution in [0.3, 0.4) is 0 Å². The number of ether oxygens (including phenoxy) is 1. The first-order valence-corrected chi connectivity index (χ1v) is 9.70. The van der Waals surface area contributed by atoms with Gasteiger partial charge in [0.2, 0.25) is 10.0 Å². The Morgan fingerprint density at radius 2 is 2.04 bits per heavy atom. The number of fused-ring (bicyclic) bond motifs is 1. The lowest BCUT2D eigenvalue weighted by atomic mass is 9.89. The zero-order valence-corrected chi connectivity index (χ0v) is 14.4. The van der Waals surface area contributed by atoms with Crippen molar-refractivity contribution in [1.29, 1.82) is 0 Å². The third kappa shape index (κ3) is 2.47. The molecule has 24 heavy (non-hydrogen) atoms. The van der Waals surface area contributed by atoms with Crippen molar-refractivity contribution >= 4 is 10.0 Å². The van der Waals surface area contributed by atoms with Crippen molar-refractivity contribution in [1.82, 2.24) is 14.5 Å². The number of hydrogen-bond acceptors (Lipinski definition) is 4. The lowest BCUT2D eigenvalue weighted by Crippen LogP contribution is -2.53. The number of aromatic amines is 1. The standard InChI is InChI=1S/C17H21N3O3S/c1-23-17-14-5-3-2-4-12(14)6-7-16(17)24(21,22)20-10-13(11-20)15-8-9-18-19-15/h2-5,8-9,13,16-17H,6-7,10-11H2,1H3,(H,18,19)/t16-,17-/m0/s1. The molecule has 0 unspecified atom stereocenters. The number of rotatable bonds is 4. The number of aromatic nitrogens is 2. The van der Waals surface area contributed by atoms with E-state index in [1.54, 1.807) is 17.6 Å². The average Bonchev–Trinajstić information content (AvgIpc) is 3.06. The van der Waals surface area contributed by atoms with Crippen molar-refractivity contribution in [3.8, 4) is 0 Å². The van der Waals surface area contributed by atoms with Gasteiger partial charge in [-0.25, -0.2) is 12.7 Å². The molecule has 128 valence electrons. The molecule has 0 amide bonds. The highest BCUT2D eigenvalue weighted by molar-refractivity contribution is 7.89. The Morgan fingerprint density at radius 3 is 2.75 bits per heavy atom. The van der Waals surface area contributed by atoms with E-state index in [9.17, 15) is 8.42 Å². The smallest absolute Gasteiger partial charge is 0.219 e. The lowest BCUT2D eigenvalue weighted by Gasteiger charge is -2.42. The fourth-order valence-electron chi connectivity index (χ4n) is 3.80. The Balaban J connectivity index is 1.55. The summed E-state index contributed by atoms with van der Waals surface area (Å²) in [5.41, 5.74) is 3.19. The molecular formula is C17H21N3O3S. The van der Waals surface area contributed by atoms with E-state index in [1.165, 1.54) is 5.56 Å². The summed E-state index contributed by atoms with van der Waals surface area (Å²) in [4.78, 5) is 0. The van der Waals surface area contributed by atoms with Gasteiger partial charge in [0, 0.05) is 38.0 Å². The zero-order chi connectivity index (χ0) is 16.7. The first kappa shape index (κ1) is 15.8. The Kier molecular flexibility index (Phi) is 3.94. The predicted molar refractivity (Wildman–Crippen MR) is 90.1 cm³/mol. The summed E-state index contributed by atoms with van der Waals surface area (Å²) in [6.07, 6.45) is 2.68. The summed E-state index contributed by atoms with van der Waals surface area (Å²) < 4.78 is 33.4. The van der Waals surface area contributed by atoms with Gasteiger partial charge in [-0.1, -0.05) is 24.3 Å². The fraction of sp³-hybridized carbons (Fsp3) is 0.471. The maximum atomic E-state index is 13.1. The number of methoxy groups -OCH3 is 1. The normalized spacial score (nSPS) is 25.2. The van der Waals surface area contributed by atoms with Crippen LogP contribution >= 0.6 is 0 Å². The van der Waals surface area contributed by atoms with Crippen LogP contribution in [0, 0.1) is 0 Å². The summed E-state index contributed by atoms with van der Waals surface area (Å²) in [6.45, 7) is 1.03. The highest BCUT2D eigenvalue weighted by Crippen LogP contribution is 2.39. The van der Waals surface area contributed by atoms with E-state index in [0.29, 0.717) is 19.5 Å². The van der Waals surface area contributed by atoms with Gasteiger partial charge in [-0.2, -0.15) is 5.10 Å². The molecule has 2 aliphatic rings. The molecule has 0 spiro atoms. The third-order valence-electron chi connectivity index (χ3n) is 5.20. The molecule has 2 aromatic rings. The molecule has 1 aliphatic carbocycles.